The van der Waals surface area contributed by atoms with Crippen molar-refractivity contribution in [2.75, 3.05) is 23.0 Å². The first kappa shape index (κ1) is 27.9. The summed E-state index contributed by atoms with van der Waals surface area (Å²) in [5.41, 5.74) is 1.99. The second kappa shape index (κ2) is 11.9. The lowest BCUT2D eigenvalue weighted by Gasteiger charge is -2.23. The monoisotopic (exact) mass is 588 g/mol. The van der Waals surface area contributed by atoms with Crippen molar-refractivity contribution < 1.29 is 22.3 Å². The highest BCUT2D eigenvalue weighted by Crippen LogP contribution is 2.33. The molecule has 0 saturated carbocycles. The van der Waals surface area contributed by atoms with Crippen LogP contribution >= 0.6 is 11.3 Å². The molecule has 0 saturated heterocycles. The number of hydrogen-bond donors (Lipinski definition) is 0. The average molecular weight is 589 g/mol. The van der Waals surface area contributed by atoms with Crippen LogP contribution in [-0.4, -0.2) is 39.2 Å². The van der Waals surface area contributed by atoms with E-state index in [1.807, 2.05) is 12.1 Å². The van der Waals surface area contributed by atoms with E-state index in [0.717, 1.165) is 9.71 Å². The second-order valence-electron chi connectivity index (χ2n) is 8.77. The van der Waals surface area contributed by atoms with Crippen molar-refractivity contribution >= 4 is 54.5 Å². The van der Waals surface area contributed by atoms with Crippen LogP contribution in [0.5, 0.6) is 5.75 Å². The predicted molar refractivity (Wildman–Crippen MR) is 160 cm³/mol. The van der Waals surface area contributed by atoms with Crippen molar-refractivity contribution in [2.45, 2.75) is 11.8 Å². The van der Waals surface area contributed by atoms with Gasteiger partial charge in [-0.3, -0.25) is 9.10 Å². The van der Waals surface area contributed by atoms with Crippen molar-refractivity contribution in [3.8, 4) is 5.75 Å². The summed E-state index contributed by atoms with van der Waals surface area (Å²) in [6.07, 6.45) is 1.43. The van der Waals surface area contributed by atoms with Gasteiger partial charge in [0.15, 0.2) is 0 Å². The molecular formula is C30H25FN4O4S2. The third-order valence-electron chi connectivity index (χ3n) is 6.17. The molecule has 0 N–H and O–H groups in total. The Hall–Kier alpha value is -4.61. The molecule has 1 amide bonds. The minimum absolute atomic E-state index is 0.0493. The van der Waals surface area contributed by atoms with E-state index < -0.39 is 15.9 Å². The van der Waals surface area contributed by atoms with Crippen LogP contribution in [0.2, 0.25) is 0 Å². The van der Waals surface area contributed by atoms with Crippen molar-refractivity contribution in [3.05, 3.63) is 114 Å². The maximum Gasteiger partial charge on any atom is 0.280 e. The summed E-state index contributed by atoms with van der Waals surface area (Å²) in [7, 11) is -2.30. The molecule has 8 nitrogen and oxygen atoms in total. The van der Waals surface area contributed by atoms with Crippen LogP contribution in [0.25, 0.3) is 10.2 Å². The molecule has 1 heterocycles. The van der Waals surface area contributed by atoms with Gasteiger partial charge in [-0.25, -0.2) is 17.8 Å². The van der Waals surface area contributed by atoms with Crippen LogP contribution in [0.15, 0.2) is 107 Å². The highest BCUT2D eigenvalue weighted by atomic mass is 32.2. The highest BCUT2D eigenvalue weighted by Gasteiger charge is 2.25. The fourth-order valence-electron chi connectivity index (χ4n) is 4.08. The van der Waals surface area contributed by atoms with Crippen LogP contribution in [0, 0.1) is 5.82 Å². The van der Waals surface area contributed by atoms with Gasteiger partial charge in [0, 0.05) is 12.1 Å². The topological polar surface area (TPSA) is 92.2 Å². The molecule has 41 heavy (non-hydrogen) atoms. The van der Waals surface area contributed by atoms with Crippen LogP contribution in [-0.2, 0) is 10.0 Å². The van der Waals surface area contributed by atoms with Gasteiger partial charge in [-0.1, -0.05) is 41.7 Å². The predicted octanol–water partition coefficient (Wildman–Crippen LogP) is 6.34. The smallest absolute Gasteiger partial charge is 0.280 e. The zero-order chi connectivity index (χ0) is 29.0. The highest BCUT2D eigenvalue weighted by molar-refractivity contribution is 7.92. The molecule has 0 bridgehead atoms. The summed E-state index contributed by atoms with van der Waals surface area (Å²) >= 11 is 1.25. The molecule has 5 rings (SSSR count). The Morgan fingerprint density at radius 2 is 1.71 bits per heavy atom. The largest absolute Gasteiger partial charge is 0.497 e. The van der Waals surface area contributed by atoms with Gasteiger partial charge in [0.2, 0.25) is 5.13 Å². The van der Waals surface area contributed by atoms with E-state index in [0.29, 0.717) is 27.6 Å². The molecule has 1 aromatic heterocycles. The van der Waals surface area contributed by atoms with E-state index in [1.54, 1.807) is 50.4 Å². The number of hydrazone groups is 1. The molecule has 0 fully saturated rings. The molecule has 0 aliphatic rings. The fourth-order valence-corrected chi connectivity index (χ4v) is 6.50. The number of amides is 1. The molecule has 0 atom stereocenters. The van der Waals surface area contributed by atoms with Gasteiger partial charge in [0.05, 0.1) is 34.1 Å². The lowest BCUT2D eigenvalue weighted by molar-refractivity contribution is 0.0987. The molecule has 0 radical (unpaired) electrons. The molecular weight excluding hydrogens is 563 g/mol. The number of methoxy groups -OCH3 is 1. The van der Waals surface area contributed by atoms with Crippen LogP contribution in [0.1, 0.15) is 22.8 Å². The minimum Gasteiger partial charge on any atom is -0.497 e. The third-order valence-corrected chi connectivity index (χ3v) is 9.08. The van der Waals surface area contributed by atoms with Crippen LogP contribution < -0.4 is 14.1 Å². The quantitative estimate of drug-likeness (QED) is 0.148. The summed E-state index contributed by atoms with van der Waals surface area (Å²) in [4.78, 5) is 18.4. The van der Waals surface area contributed by atoms with E-state index in [4.69, 9.17) is 4.74 Å². The number of anilines is 2. The number of halogens is 1. The summed E-state index contributed by atoms with van der Waals surface area (Å²) in [6.45, 7) is 1.99. The van der Waals surface area contributed by atoms with Gasteiger partial charge in [-0.15, -0.1) is 0 Å². The molecule has 5 aromatic rings. The fraction of sp³-hybridized carbons (Fsp3) is 0.100. The zero-order valence-corrected chi connectivity index (χ0v) is 23.8. The normalized spacial score (nSPS) is 11.6. The van der Waals surface area contributed by atoms with Gasteiger partial charge >= 0.3 is 0 Å². The Balaban J connectivity index is 1.49. The molecule has 0 aliphatic heterocycles. The second-order valence-corrected chi connectivity index (χ2v) is 11.6. The van der Waals surface area contributed by atoms with E-state index in [1.165, 1.54) is 70.4 Å². The third kappa shape index (κ3) is 5.96. The van der Waals surface area contributed by atoms with Gasteiger partial charge in [-0.2, -0.15) is 10.1 Å². The lowest BCUT2D eigenvalue weighted by atomic mass is 10.2. The molecule has 0 unspecified atom stereocenters. The van der Waals surface area contributed by atoms with Crippen molar-refractivity contribution in [3.63, 3.8) is 0 Å². The van der Waals surface area contributed by atoms with E-state index >= 15 is 0 Å². The molecule has 0 aliphatic carbocycles. The maximum absolute atomic E-state index is 13.7. The summed E-state index contributed by atoms with van der Waals surface area (Å²) in [5.74, 6) is -0.262. The number of ether oxygens (including phenoxy) is 1. The number of thiazole rings is 1. The Bertz CT molecular complexity index is 1810. The minimum atomic E-state index is -3.87. The molecule has 4 aromatic carbocycles. The number of benzene rings is 4. The lowest BCUT2D eigenvalue weighted by Crippen LogP contribution is -2.31. The van der Waals surface area contributed by atoms with E-state index in [9.17, 15) is 17.6 Å². The first-order valence-electron chi connectivity index (χ1n) is 12.6. The van der Waals surface area contributed by atoms with Crippen molar-refractivity contribution in [1.82, 2.24) is 4.98 Å². The summed E-state index contributed by atoms with van der Waals surface area (Å²) < 4.78 is 47.6. The average Bonchev–Trinajstić information content (AvgIpc) is 3.42. The van der Waals surface area contributed by atoms with Crippen molar-refractivity contribution in [2.24, 2.45) is 5.10 Å². The zero-order valence-electron chi connectivity index (χ0n) is 22.1. The Kier molecular flexibility index (Phi) is 8.09. The first-order valence-corrected chi connectivity index (χ1v) is 14.8. The molecule has 208 valence electrons. The Morgan fingerprint density at radius 1 is 1.00 bits per heavy atom. The number of rotatable bonds is 9. The number of nitrogens with zero attached hydrogens (tertiary/aromatic N) is 4. The number of hydrogen-bond acceptors (Lipinski definition) is 7. The van der Waals surface area contributed by atoms with Gasteiger partial charge < -0.3 is 4.74 Å². The standard InChI is InChI=1S/C30H25FN4O4S2/c1-3-34(24-7-5-4-6-8-24)41(37,38)26-16-11-22(12-17-26)29(36)35(32-20-21-9-13-23(31)14-10-21)30-33-27-18-15-25(39-2)19-28(27)40-30/h4-20H,3H2,1-2H3/b32-20+. The van der Waals surface area contributed by atoms with Crippen LogP contribution in [0.3, 0.4) is 0 Å². The maximum atomic E-state index is 13.7. The summed E-state index contributed by atoms with van der Waals surface area (Å²) in [6, 6.07) is 25.6. The number of aromatic nitrogens is 1. The van der Waals surface area contributed by atoms with E-state index in [2.05, 4.69) is 10.1 Å². The molecule has 11 heteroatoms. The number of sulfonamides is 1. The number of carbonyl (C=O) groups excluding carboxylic acids is 1. The number of carbonyl (C=O) groups is 1. The Morgan fingerprint density at radius 3 is 2.37 bits per heavy atom. The van der Waals surface area contributed by atoms with Gasteiger partial charge in [0.1, 0.15) is 11.6 Å². The SMILES string of the molecule is CCN(c1ccccc1)S(=O)(=O)c1ccc(C(=O)N(/N=C/c2ccc(F)cc2)c2nc3ccc(OC)cc3s2)cc1. The van der Waals surface area contributed by atoms with Crippen molar-refractivity contribution in [1.29, 1.82) is 0 Å². The number of fused-ring (bicyclic) bond motifs is 1. The Labute approximate surface area is 241 Å². The first-order chi connectivity index (χ1) is 19.8. The van der Waals surface area contributed by atoms with Gasteiger partial charge in [0.25, 0.3) is 15.9 Å². The van der Waals surface area contributed by atoms with Gasteiger partial charge in [-0.05, 0) is 79.2 Å². The molecule has 0 spiro atoms. The van der Waals surface area contributed by atoms with E-state index in [-0.39, 0.29) is 22.8 Å². The number of para-hydroxylation sites is 1. The van der Waals surface area contributed by atoms with Crippen LogP contribution in [0.4, 0.5) is 15.2 Å². The summed E-state index contributed by atoms with van der Waals surface area (Å²) in [5, 5.41) is 5.83.